The number of anilines is 1. The molecule has 0 spiro atoms. The lowest BCUT2D eigenvalue weighted by Crippen LogP contribution is -2.25. The Morgan fingerprint density at radius 2 is 1.90 bits per heavy atom. The highest BCUT2D eigenvalue weighted by Gasteiger charge is 2.17. The van der Waals surface area contributed by atoms with Gasteiger partial charge in [0.2, 0.25) is 17.7 Å². The predicted molar refractivity (Wildman–Crippen MR) is 77.0 cm³/mol. The van der Waals surface area contributed by atoms with Gasteiger partial charge in [0, 0.05) is 18.2 Å². The van der Waals surface area contributed by atoms with Crippen molar-refractivity contribution in [3.63, 3.8) is 0 Å². The average molecular weight is 295 g/mol. The number of ether oxygens (including phenoxy) is 2. The van der Waals surface area contributed by atoms with Crippen LogP contribution in [0.1, 0.15) is 39.3 Å². The van der Waals surface area contributed by atoms with E-state index in [-0.39, 0.29) is 24.7 Å². The molecule has 0 aliphatic carbocycles. The molecule has 0 fully saturated rings. The summed E-state index contributed by atoms with van der Waals surface area (Å²) in [4.78, 5) is 31.3. The van der Waals surface area contributed by atoms with Gasteiger partial charge in [0.15, 0.2) is 0 Å². The highest BCUT2D eigenvalue weighted by Crippen LogP contribution is 2.12. The van der Waals surface area contributed by atoms with Crippen LogP contribution in [0.5, 0.6) is 5.88 Å². The number of esters is 1. The molecule has 1 amide bonds. The molecule has 0 aliphatic rings. The average Bonchev–Trinajstić information content (AvgIpc) is 2.33. The monoisotopic (exact) mass is 295 g/mol. The first-order valence-corrected chi connectivity index (χ1v) is 6.61. The summed E-state index contributed by atoms with van der Waals surface area (Å²) in [6.07, 6.45) is 0.0145. The summed E-state index contributed by atoms with van der Waals surface area (Å²) in [5.41, 5.74) is 0.116. The smallest absolute Gasteiger partial charge is 0.306 e. The van der Waals surface area contributed by atoms with E-state index < -0.39 is 11.6 Å². The number of aromatic nitrogens is 2. The number of carbonyl (C=O) groups excluding carboxylic acids is 2. The van der Waals surface area contributed by atoms with Crippen molar-refractivity contribution >= 4 is 17.8 Å². The molecule has 1 aromatic rings. The molecule has 1 N–H and O–H groups in total. The number of hydrogen-bond donors (Lipinski definition) is 1. The molecule has 0 bridgehead atoms. The molecular weight excluding hydrogens is 274 g/mol. The maximum Gasteiger partial charge on any atom is 0.306 e. The Morgan fingerprint density at radius 1 is 1.24 bits per heavy atom. The van der Waals surface area contributed by atoms with Gasteiger partial charge in [-0.05, 0) is 27.7 Å². The van der Waals surface area contributed by atoms with E-state index in [2.05, 4.69) is 15.3 Å². The van der Waals surface area contributed by atoms with Gasteiger partial charge in [0.1, 0.15) is 5.60 Å². The fraction of sp³-hybridized carbons (Fsp3) is 0.571. The van der Waals surface area contributed by atoms with Gasteiger partial charge in [0.25, 0.3) is 0 Å². The third kappa shape index (κ3) is 6.69. The van der Waals surface area contributed by atoms with Gasteiger partial charge in [-0.15, -0.1) is 0 Å². The van der Waals surface area contributed by atoms with Crippen molar-refractivity contribution in [3.8, 4) is 5.88 Å². The molecule has 1 aromatic heterocycles. The minimum Gasteiger partial charge on any atom is -0.481 e. The van der Waals surface area contributed by atoms with Crippen molar-refractivity contribution in [2.45, 2.75) is 46.1 Å². The number of amides is 1. The van der Waals surface area contributed by atoms with E-state index in [1.54, 1.807) is 33.8 Å². The van der Waals surface area contributed by atoms with E-state index in [1.807, 2.05) is 0 Å². The van der Waals surface area contributed by atoms with Gasteiger partial charge in [-0.1, -0.05) is 0 Å². The molecule has 0 saturated carbocycles. The molecule has 21 heavy (non-hydrogen) atoms. The standard InChI is InChI=1S/C14H21N3O4/c1-9-8-11(20-5)17-13(15-9)16-10(18)6-7-12(19)21-14(2,3)4/h8H,6-7H2,1-5H3,(H,15,16,17,18). The van der Waals surface area contributed by atoms with Crippen LogP contribution >= 0.6 is 0 Å². The Hall–Kier alpha value is -2.18. The second kappa shape index (κ2) is 7.01. The van der Waals surface area contributed by atoms with Crippen LogP contribution in [0.25, 0.3) is 0 Å². The van der Waals surface area contributed by atoms with Gasteiger partial charge in [-0.3, -0.25) is 14.9 Å². The summed E-state index contributed by atoms with van der Waals surface area (Å²) in [6, 6.07) is 1.65. The van der Waals surface area contributed by atoms with Crippen molar-refractivity contribution in [3.05, 3.63) is 11.8 Å². The predicted octanol–water partition coefficient (Wildman–Crippen LogP) is 1.85. The van der Waals surface area contributed by atoms with Crippen molar-refractivity contribution in [1.82, 2.24) is 9.97 Å². The van der Waals surface area contributed by atoms with Gasteiger partial charge in [-0.2, -0.15) is 4.98 Å². The van der Waals surface area contributed by atoms with Crippen LogP contribution in [0, 0.1) is 6.92 Å². The van der Waals surface area contributed by atoms with Crippen LogP contribution in [-0.4, -0.2) is 34.6 Å². The lowest BCUT2D eigenvalue weighted by molar-refractivity contribution is -0.155. The van der Waals surface area contributed by atoms with Crippen LogP contribution in [0.3, 0.4) is 0 Å². The number of hydrogen-bond acceptors (Lipinski definition) is 6. The normalized spacial score (nSPS) is 10.9. The molecule has 116 valence electrons. The highest BCUT2D eigenvalue weighted by molar-refractivity contribution is 5.91. The molecule has 0 radical (unpaired) electrons. The Bertz CT molecular complexity index is 523. The molecule has 0 aromatic carbocycles. The number of nitrogens with one attached hydrogen (secondary N) is 1. The van der Waals surface area contributed by atoms with Crippen molar-refractivity contribution in [2.24, 2.45) is 0 Å². The van der Waals surface area contributed by atoms with Gasteiger partial charge in [-0.25, -0.2) is 4.98 Å². The van der Waals surface area contributed by atoms with Crippen LogP contribution in [0.2, 0.25) is 0 Å². The van der Waals surface area contributed by atoms with E-state index >= 15 is 0 Å². The first kappa shape index (κ1) is 16.9. The number of nitrogens with zero attached hydrogens (tertiary/aromatic N) is 2. The lowest BCUT2D eigenvalue weighted by Gasteiger charge is -2.19. The largest absolute Gasteiger partial charge is 0.481 e. The summed E-state index contributed by atoms with van der Waals surface area (Å²) in [6.45, 7) is 7.09. The molecule has 1 rings (SSSR count). The molecule has 0 unspecified atom stereocenters. The van der Waals surface area contributed by atoms with Crippen LogP contribution < -0.4 is 10.1 Å². The number of aryl methyl sites for hydroxylation is 1. The van der Waals surface area contributed by atoms with E-state index in [9.17, 15) is 9.59 Å². The Morgan fingerprint density at radius 3 is 2.48 bits per heavy atom. The van der Waals surface area contributed by atoms with Crippen molar-refractivity contribution < 1.29 is 19.1 Å². The van der Waals surface area contributed by atoms with E-state index in [1.165, 1.54) is 7.11 Å². The summed E-state index contributed by atoms with van der Waals surface area (Å²) < 4.78 is 10.1. The van der Waals surface area contributed by atoms with E-state index in [0.717, 1.165) is 0 Å². The first-order valence-electron chi connectivity index (χ1n) is 6.61. The van der Waals surface area contributed by atoms with E-state index in [0.29, 0.717) is 11.6 Å². The zero-order valence-electron chi connectivity index (χ0n) is 13.0. The second-order valence-electron chi connectivity index (χ2n) is 5.51. The molecule has 0 aliphatic heterocycles. The zero-order chi connectivity index (χ0) is 16.0. The van der Waals surface area contributed by atoms with Gasteiger partial charge in [0.05, 0.1) is 13.5 Å². The fourth-order valence-corrected chi connectivity index (χ4v) is 1.50. The topological polar surface area (TPSA) is 90.4 Å². The van der Waals surface area contributed by atoms with E-state index in [4.69, 9.17) is 9.47 Å². The quantitative estimate of drug-likeness (QED) is 0.834. The summed E-state index contributed by atoms with van der Waals surface area (Å²) in [5, 5.41) is 2.53. The highest BCUT2D eigenvalue weighted by atomic mass is 16.6. The van der Waals surface area contributed by atoms with Crippen molar-refractivity contribution in [2.75, 3.05) is 12.4 Å². The molecule has 0 atom stereocenters. The Kier molecular flexibility index (Phi) is 5.63. The molecular formula is C14H21N3O4. The number of carbonyl (C=O) groups is 2. The maximum absolute atomic E-state index is 11.8. The molecule has 7 nitrogen and oxygen atoms in total. The molecule has 7 heteroatoms. The van der Waals surface area contributed by atoms with Crippen molar-refractivity contribution in [1.29, 1.82) is 0 Å². The van der Waals surface area contributed by atoms with Crippen LogP contribution in [-0.2, 0) is 14.3 Å². The maximum atomic E-state index is 11.8. The lowest BCUT2D eigenvalue weighted by atomic mass is 10.2. The number of methoxy groups -OCH3 is 1. The van der Waals surface area contributed by atoms with Gasteiger partial charge >= 0.3 is 5.97 Å². The molecule has 1 heterocycles. The minimum atomic E-state index is -0.555. The fourth-order valence-electron chi connectivity index (χ4n) is 1.50. The summed E-state index contributed by atoms with van der Waals surface area (Å²) in [5.74, 6) is -0.250. The Labute approximate surface area is 124 Å². The Balaban J connectivity index is 2.51. The summed E-state index contributed by atoms with van der Waals surface area (Å²) in [7, 11) is 1.48. The minimum absolute atomic E-state index is 0.00601. The van der Waals surface area contributed by atoms with Gasteiger partial charge < -0.3 is 9.47 Å². The zero-order valence-corrected chi connectivity index (χ0v) is 13.0. The molecule has 0 saturated heterocycles. The third-order valence-corrected chi connectivity index (χ3v) is 2.27. The third-order valence-electron chi connectivity index (χ3n) is 2.27. The number of rotatable bonds is 5. The van der Waals surface area contributed by atoms with Crippen LogP contribution in [0.4, 0.5) is 5.95 Å². The SMILES string of the molecule is COc1cc(C)nc(NC(=O)CCC(=O)OC(C)(C)C)n1. The first-order chi connectivity index (χ1) is 9.69. The second-order valence-corrected chi connectivity index (χ2v) is 5.51. The summed E-state index contributed by atoms with van der Waals surface area (Å²) >= 11 is 0. The van der Waals surface area contributed by atoms with Crippen LogP contribution in [0.15, 0.2) is 6.07 Å².